The van der Waals surface area contributed by atoms with Crippen molar-refractivity contribution in [3.8, 4) is 17.0 Å². The van der Waals surface area contributed by atoms with Gasteiger partial charge in [0.2, 0.25) is 6.41 Å². The average molecular weight is 389 g/mol. The van der Waals surface area contributed by atoms with Crippen LogP contribution in [-0.4, -0.2) is 68.7 Å². The number of anilines is 1. The highest BCUT2D eigenvalue weighted by molar-refractivity contribution is 5.99. The molecule has 1 aliphatic heterocycles. The van der Waals surface area contributed by atoms with E-state index in [1.54, 1.807) is 13.1 Å². The first kappa shape index (κ1) is 21.3. The molecule has 3 rings (SSSR count). The van der Waals surface area contributed by atoms with Crippen molar-refractivity contribution in [2.75, 3.05) is 51.8 Å². The van der Waals surface area contributed by atoms with Crippen molar-refractivity contribution in [1.82, 2.24) is 9.88 Å². The highest BCUT2D eigenvalue weighted by Gasteiger charge is 2.16. The van der Waals surface area contributed by atoms with Crippen LogP contribution in [0.3, 0.4) is 0 Å². The Bertz CT molecular complexity index is 771. The maximum Gasteiger partial charge on any atom is 0.252 e. The molecule has 9 heteroatoms. The van der Waals surface area contributed by atoms with Crippen molar-refractivity contribution in [2.24, 2.45) is 11.5 Å². The number of nitrogens with one attached hydrogen (secondary N) is 2. The lowest BCUT2D eigenvalue weighted by Gasteiger charge is -2.26. The van der Waals surface area contributed by atoms with Crippen LogP contribution >= 0.6 is 0 Å². The standard InChI is InChI=1S/C18H24N4O3.CH3NO/c1-20-18-14(17(19)23)12-15(21-18)13-4-2-3-5-16(13)25-11-8-22-6-9-24-10-7-22;2-1-3/h2-5,12,20-21H,6-11H2,1H3,(H2,19,23);1H,(H2,2,3). The Balaban J connectivity index is 0.000000878. The van der Waals surface area contributed by atoms with Gasteiger partial charge in [-0.2, -0.15) is 0 Å². The molecule has 2 aromatic rings. The molecule has 2 heterocycles. The van der Waals surface area contributed by atoms with Crippen molar-refractivity contribution in [3.63, 3.8) is 0 Å². The Kier molecular flexibility index (Phi) is 8.32. The van der Waals surface area contributed by atoms with Crippen molar-refractivity contribution in [2.45, 2.75) is 0 Å². The summed E-state index contributed by atoms with van der Waals surface area (Å²) in [4.78, 5) is 25.7. The van der Waals surface area contributed by atoms with Crippen LogP contribution in [0.25, 0.3) is 11.3 Å². The molecule has 1 aliphatic rings. The van der Waals surface area contributed by atoms with Gasteiger partial charge in [0.15, 0.2) is 0 Å². The fraction of sp³-hybridized carbons (Fsp3) is 0.368. The topological polar surface area (TPSA) is 136 Å². The predicted octanol–water partition coefficient (Wildman–Crippen LogP) is 0.635. The number of primary amides is 2. The Morgan fingerprint density at radius 1 is 1.36 bits per heavy atom. The molecule has 0 unspecified atom stereocenters. The SMILES string of the molecule is CNc1[nH]c(-c2ccccc2OCCN2CCOCC2)cc1C(N)=O.NC=O. The highest BCUT2D eigenvalue weighted by atomic mass is 16.5. The molecule has 1 saturated heterocycles. The molecule has 152 valence electrons. The van der Waals surface area contributed by atoms with E-state index < -0.39 is 5.91 Å². The highest BCUT2D eigenvalue weighted by Crippen LogP contribution is 2.32. The molecule has 0 bridgehead atoms. The van der Waals surface area contributed by atoms with Crippen LogP contribution in [0.15, 0.2) is 30.3 Å². The minimum Gasteiger partial charge on any atom is -0.492 e. The zero-order chi connectivity index (χ0) is 20.4. The predicted molar refractivity (Wildman–Crippen MR) is 107 cm³/mol. The number of benzene rings is 1. The number of aromatic nitrogens is 1. The summed E-state index contributed by atoms with van der Waals surface area (Å²) in [7, 11) is 1.74. The van der Waals surface area contributed by atoms with E-state index in [2.05, 4.69) is 20.9 Å². The van der Waals surface area contributed by atoms with E-state index in [0.29, 0.717) is 18.0 Å². The molecule has 28 heavy (non-hydrogen) atoms. The number of rotatable bonds is 7. The molecule has 2 amide bonds. The molecular weight excluding hydrogens is 362 g/mol. The first-order valence-electron chi connectivity index (χ1n) is 8.99. The Labute approximate surface area is 164 Å². The second kappa shape index (κ2) is 11.0. The number of hydrogen-bond donors (Lipinski definition) is 4. The van der Waals surface area contributed by atoms with Gasteiger partial charge in [-0.15, -0.1) is 0 Å². The molecule has 1 fully saturated rings. The van der Waals surface area contributed by atoms with Gasteiger partial charge in [-0.1, -0.05) is 12.1 Å². The number of nitrogens with two attached hydrogens (primary N) is 2. The van der Waals surface area contributed by atoms with Crippen LogP contribution < -0.4 is 21.5 Å². The molecule has 0 radical (unpaired) electrons. The lowest BCUT2D eigenvalue weighted by molar-refractivity contribution is -0.106. The third kappa shape index (κ3) is 5.73. The van der Waals surface area contributed by atoms with Gasteiger partial charge in [0, 0.05) is 32.2 Å². The first-order valence-corrected chi connectivity index (χ1v) is 8.99. The van der Waals surface area contributed by atoms with Gasteiger partial charge in [-0.05, 0) is 18.2 Å². The molecule has 9 nitrogen and oxygen atoms in total. The number of amides is 2. The zero-order valence-electron chi connectivity index (χ0n) is 15.9. The second-order valence-corrected chi connectivity index (χ2v) is 6.02. The Hall–Kier alpha value is -3.04. The van der Waals surface area contributed by atoms with Gasteiger partial charge in [0.1, 0.15) is 18.2 Å². The number of para-hydroxylation sites is 1. The molecule has 6 N–H and O–H groups in total. The fourth-order valence-corrected chi connectivity index (χ4v) is 2.92. The summed E-state index contributed by atoms with van der Waals surface area (Å²) in [5.74, 6) is 0.902. The van der Waals surface area contributed by atoms with Crippen molar-refractivity contribution < 1.29 is 19.1 Å². The first-order chi connectivity index (χ1) is 13.6. The van der Waals surface area contributed by atoms with E-state index >= 15 is 0 Å². The Morgan fingerprint density at radius 2 is 2.04 bits per heavy atom. The van der Waals surface area contributed by atoms with Crippen LogP contribution in [0.4, 0.5) is 5.82 Å². The minimum absolute atomic E-state index is 0.250. The second-order valence-electron chi connectivity index (χ2n) is 6.02. The summed E-state index contributed by atoms with van der Waals surface area (Å²) < 4.78 is 11.4. The number of H-pyrrole nitrogens is 1. The number of hydrogen-bond acceptors (Lipinski definition) is 6. The third-order valence-electron chi connectivity index (χ3n) is 4.28. The maximum absolute atomic E-state index is 11.6. The molecule has 0 spiro atoms. The summed E-state index contributed by atoms with van der Waals surface area (Å²) in [5, 5.41) is 2.96. The van der Waals surface area contributed by atoms with Crippen molar-refractivity contribution in [1.29, 1.82) is 0 Å². The summed E-state index contributed by atoms with van der Waals surface area (Å²) in [6, 6.07) is 9.51. The summed E-state index contributed by atoms with van der Waals surface area (Å²) in [6.45, 7) is 4.89. The molecule has 0 saturated carbocycles. The van der Waals surface area contributed by atoms with Crippen LogP contribution in [0, 0.1) is 0 Å². The average Bonchev–Trinajstić information content (AvgIpc) is 3.14. The lowest BCUT2D eigenvalue weighted by atomic mass is 10.1. The van der Waals surface area contributed by atoms with Crippen molar-refractivity contribution >= 4 is 18.1 Å². The smallest absolute Gasteiger partial charge is 0.252 e. The largest absolute Gasteiger partial charge is 0.492 e. The maximum atomic E-state index is 11.6. The van der Waals surface area contributed by atoms with Gasteiger partial charge < -0.3 is 31.2 Å². The zero-order valence-corrected chi connectivity index (χ0v) is 15.9. The summed E-state index contributed by atoms with van der Waals surface area (Å²) >= 11 is 0. The van der Waals surface area contributed by atoms with Gasteiger partial charge in [-0.3, -0.25) is 14.5 Å². The molecule has 1 aromatic heterocycles. The quantitative estimate of drug-likeness (QED) is 0.513. The number of morpholine rings is 1. The van der Waals surface area contributed by atoms with Crippen LogP contribution in [0.5, 0.6) is 5.75 Å². The van der Waals surface area contributed by atoms with E-state index in [1.165, 1.54) is 0 Å². The van der Waals surface area contributed by atoms with Gasteiger partial charge in [-0.25, -0.2) is 0 Å². The molecular formula is C19H27N5O4. The van der Waals surface area contributed by atoms with Crippen LogP contribution in [-0.2, 0) is 9.53 Å². The van der Waals surface area contributed by atoms with Gasteiger partial charge in [0.05, 0.1) is 24.5 Å². The van der Waals surface area contributed by atoms with Gasteiger partial charge in [0.25, 0.3) is 5.91 Å². The molecule has 0 aliphatic carbocycles. The van der Waals surface area contributed by atoms with Crippen molar-refractivity contribution in [3.05, 3.63) is 35.9 Å². The fourth-order valence-electron chi connectivity index (χ4n) is 2.92. The summed E-state index contributed by atoms with van der Waals surface area (Å²) in [6.07, 6.45) is 0.250. The van der Waals surface area contributed by atoms with Crippen LogP contribution in [0.2, 0.25) is 0 Å². The van der Waals surface area contributed by atoms with E-state index in [0.717, 1.165) is 49.9 Å². The molecule has 1 aromatic carbocycles. The van der Waals surface area contributed by atoms with Crippen LogP contribution in [0.1, 0.15) is 10.4 Å². The van der Waals surface area contributed by atoms with E-state index in [4.69, 9.17) is 20.0 Å². The van der Waals surface area contributed by atoms with Gasteiger partial charge >= 0.3 is 0 Å². The number of aromatic amines is 1. The van der Waals surface area contributed by atoms with E-state index in [9.17, 15) is 4.79 Å². The normalized spacial score (nSPS) is 13.9. The number of nitrogens with zero attached hydrogens (tertiary/aromatic N) is 1. The third-order valence-corrected chi connectivity index (χ3v) is 4.28. The number of carbonyl (C=O) groups excluding carboxylic acids is 2. The van der Waals surface area contributed by atoms with E-state index in [1.807, 2.05) is 24.3 Å². The summed E-state index contributed by atoms with van der Waals surface area (Å²) in [5.41, 5.74) is 11.7. The minimum atomic E-state index is -0.474. The monoisotopic (exact) mass is 389 g/mol. The molecule has 0 atom stereocenters. The lowest BCUT2D eigenvalue weighted by Crippen LogP contribution is -2.38. The van der Waals surface area contributed by atoms with E-state index in [-0.39, 0.29) is 6.41 Å². The Morgan fingerprint density at radius 3 is 2.64 bits per heavy atom. The number of ether oxygens (including phenoxy) is 2. The number of carbonyl (C=O) groups is 2.